The van der Waals surface area contributed by atoms with E-state index in [1.165, 1.54) is 10.0 Å². The normalized spacial score (nSPS) is 24.9. The molecule has 18 heavy (non-hydrogen) atoms. The predicted molar refractivity (Wildman–Crippen MR) is 79.5 cm³/mol. The fourth-order valence-electron chi connectivity index (χ4n) is 2.74. The minimum absolute atomic E-state index is 0.129. The molecule has 1 fully saturated rings. The first-order valence-electron chi connectivity index (χ1n) is 6.41. The van der Waals surface area contributed by atoms with Gasteiger partial charge in [-0.15, -0.1) is 0 Å². The summed E-state index contributed by atoms with van der Waals surface area (Å²) in [7, 11) is 4.36. The van der Waals surface area contributed by atoms with Crippen LogP contribution in [0, 0.1) is 0 Å². The van der Waals surface area contributed by atoms with E-state index in [1.807, 2.05) is 0 Å². The molecule has 1 aliphatic rings. The van der Waals surface area contributed by atoms with Gasteiger partial charge in [0.2, 0.25) is 0 Å². The molecule has 3 nitrogen and oxygen atoms in total. The van der Waals surface area contributed by atoms with Crippen molar-refractivity contribution in [2.24, 2.45) is 5.73 Å². The minimum Gasteiger partial charge on any atom is -0.329 e. The van der Waals surface area contributed by atoms with E-state index in [0.717, 1.165) is 32.6 Å². The van der Waals surface area contributed by atoms with Crippen molar-refractivity contribution in [3.8, 4) is 0 Å². The van der Waals surface area contributed by atoms with Crippen LogP contribution in [0.5, 0.6) is 0 Å². The highest BCUT2D eigenvalue weighted by Gasteiger charge is 2.38. The van der Waals surface area contributed by atoms with Crippen LogP contribution in [0.4, 0.5) is 0 Å². The summed E-state index contributed by atoms with van der Waals surface area (Å²) in [5, 5.41) is 0. The number of hydrogen-bond acceptors (Lipinski definition) is 3. The van der Waals surface area contributed by atoms with Crippen molar-refractivity contribution < 1.29 is 0 Å². The summed E-state index contributed by atoms with van der Waals surface area (Å²) in [6.45, 7) is 3.85. The Morgan fingerprint density at radius 3 is 2.72 bits per heavy atom. The average molecular weight is 312 g/mol. The lowest BCUT2D eigenvalue weighted by Gasteiger charge is -2.38. The van der Waals surface area contributed by atoms with E-state index in [4.69, 9.17) is 5.73 Å². The first-order chi connectivity index (χ1) is 8.57. The Morgan fingerprint density at radius 1 is 1.44 bits per heavy atom. The number of likely N-dealkylation sites (N-methyl/N-ethyl adjacent to an activating group) is 2. The van der Waals surface area contributed by atoms with Gasteiger partial charge in [0.15, 0.2) is 0 Å². The summed E-state index contributed by atoms with van der Waals surface area (Å²) in [5.74, 6) is 0. The lowest BCUT2D eigenvalue weighted by Crippen LogP contribution is -2.53. The van der Waals surface area contributed by atoms with Crippen LogP contribution < -0.4 is 5.73 Å². The Bertz CT molecular complexity index is 410. The highest BCUT2D eigenvalue weighted by atomic mass is 79.9. The van der Waals surface area contributed by atoms with Crippen LogP contribution in [0.2, 0.25) is 0 Å². The second-order valence-electron chi connectivity index (χ2n) is 5.36. The van der Waals surface area contributed by atoms with Gasteiger partial charge >= 0.3 is 0 Å². The molecule has 1 unspecified atom stereocenters. The van der Waals surface area contributed by atoms with E-state index in [9.17, 15) is 0 Å². The van der Waals surface area contributed by atoms with Gasteiger partial charge in [0.25, 0.3) is 0 Å². The smallest absolute Gasteiger partial charge is 0.0470 e. The van der Waals surface area contributed by atoms with Crippen LogP contribution in [0.15, 0.2) is 28.7 Å². The Hall–Kier alpha value is -0.420. The van der Waals surface area contributed by atoms with Crippen molar-refractivity contribution >= 4 is 15.9 Å². The fourth-order valence-corrected chi connectivity index (χ4v) is 3.15. The molecule has 2 N–H and O–H groups in total. The summed E-state index contributed by atoms with van der Waals surface area (Å²) in [6.07, 6.45) is 1.15. The van der Waals surface area contributed by atoms with Crippen LogP contribution in [0.3, 0.4) is 0 Å². The van der Waals surface area contributed by atoms with E-state index in [2.05, 4.69) is 64.1 Å². The molecule has 1 aromatic rings. The van der Waals surface area contributed by atoms with Gasteiger partial charge in [0.05, 0.1) is 0 Å². The zero-order valence-electron chi connectivity index (χ0n) is 11.2. The highest BCUT2D eigenvalue weighted by Crippen LogP contribution is 2.28. The zero-order valence-corrected chi connectivity index (χ0v) is 12.8. The van der Waals surface area contributed by atoms with Gasteiger partial charge in [-0.05, 0) is 38.7 Å². The molecule has 0 saturated carbocycles. The molecule has 100 valence electrons. The molecule has 0 aromatic heterocycles. The topological polar surface area (TPSA) is 32.5 Å². The monoisotopic (exact) mass is 311 g/mol. The average Bonchev–Trinajstić information content (AvgIpc) is 2.75. The third-order valence-corrected chi connectivity index (χ3v) is 4.85. The van der Waals surface area contributed by atoms with Gasteiger partial charge in [-0.25, -0.2) is 0 Å². The molecular weight excluding hydrogens is 290 g/mol. The standard InChI is InChI=1S/C14H22BrN3/c1-17-8-7-14(10-16,11-17)18(2)9-12-5-3-4-6-13(12)15/h3-6H,7-11,16H2,1-2H3. The maximum absolute atomic E-state index is 6.04. The molecule has 1 aromatic carbocycles. The lowest BCUT2D eigenvalue weighted by molar-refractivity contribution is 0.125. The van der Waals surface area contributed by atoms with Gasteiger partial charge < -0.3 is 10.6 Å². The number of halogens is 1. The molecular formula is C14H22BrN3. The largest absolute Gasteiger partial charge is 0.329 e. The molecule has 0 aliphatic carbocycles. The lowest BCUT2D eigenvalue weighted by atomic mass is 9.96. The SMILES string of the molecule is CN1CCC(CN)(N(C)Cc2ccccc2Br)C1. The van der Waals surface area contributed by atoms with E-state index in [1.54, 1.807) is 0 Å². The molecule has 1 atom stereocenters. The van der Waals surface area contributed by atoms with Crippen molar-refractivity contribution in [1.82, 2.24) is 9.80 Å². The molecule has 1 heterocycles. The number of hydrogen-bond donors (Lipinski definition) is 1. The van der Waals surface area contributed by atoms with E-state index in [0.29, 0.717) is 0 Å². The van der Waals surface area contributed by atoms with Gasteiger partial charge in [-0.2, -0.15) is 0 Å². The van der Waals surface area contributed by atoms with E-state index < -0.39 is 0 Å². The van der Waals surface area contributed by atoms with Gasteiger partial charge in [-0.1, -0.05) is 34.1 Å². The highest BCUT2D eigenvalue weighted by molar-refractivity contribution is 9.10. The third-order valence-electron chi connectivity index (χ3n) is 4.08. The molecule has 0 amide bonds. The van der Waals surface area contributed by atoms with Crippen molar-refractivity contribution in [3.05, 3.63) is 34.3 Å². The van der Waals surface area contributed by atoms with Crippen LogP contribution in [0.1, 0.15) is 12.0 Å². The quantitative estimate of drug-likeness (QED) is 0.922. The maximum Gasteiger partial charge on any atom is 0.0470 e. The number of nitrogens with two attached hydrogens (primary N) is 1. The van der Waals surface area contributed by atoms with Crippen LogP contribution in [0.25, 0.3) is 0 Å². The van der Waals surface area contributed by atoms with Crippen molar-refractivity contribution in [2.45, 2.75) is 18.5 Å². The summed E-state index contributed by atoms with van der Waals surface area (Å²) in [4.78, 5) is 4.78. The summed E-state index contributed by atoms with van der Waals surface area (Å²) in [5.41, 5.74) is 7.49. The second kappa shape index (κ2) is 5.70. The third kappa shape index (κ3) is 2.77. The first kappa shape index (κ1) is 14.0. The Morgan fingerprint density at radius 2 is 2.17 bits per heavy atom. The first-order valence-corrected chi connectivity index (χ1v) is 7.20. The number of benzene rings is 1. The zero-order chi connectivity index (χ0) is 13.2. The number of likely N-dealkylation sites (tertiary alicyclic amines) is 1. The summed E-state index contributed by atoms with van der Waals surface area (Å²) < 4.78 is 1.18. The summed E-state index contributed by atoms with van der Waals surface area (Å²) in [6, 6.07) is 8.40. The van der Waals surface area contributed by atoms with Gasteiger partial charge in [0.1, 0.15) is 0 Å². The number of nitrogens with zero attached hydrogens (tertiary/aromatic N) is 2. The molecule has 0 spiro atoms. The van der Waals surface area contributed by atoms with Crippen LogP contribution in [-0.4, -0.2) is 49.1 Å². The maximum atomic E-state index is 6.04. The molecule has 0 radical (unpaired) electrons. The van der Waals surface area contributed by atoms with E-state index in [-0.39, 0.29) is 5.54 Å². The molecule has 1 aliphatic heterocycles. The van der Waals surface area contributed by atoms with Crippen molar-refractivity contribution in [2.75, 3.05) is 33.7 Å². The fraction of sp³-hybridized carbons (Fsp3) is 0.571. The second-order valence-corrected chi connectivity index (χ2v) is 6.22. The number of rotatable bonds is 4. The Kier molecular flexibility index (Phi) is 4.43. The molecule has 0 bridgehead atoms. The van der Waals surface area contributed by atoms with Crippen LogP contribution >= 0.6 is 15.9 Å². The molecule has 2 rings (SSSR count). The van der Waals surface area contributed by atoms with Gasteiger partial charge in [-0.3, -0.25) is 4.90 Å². The Balaban J connectivity index is 2.11. The molecule has 1 saturated heterocycles. The van der Waals surface area contributed by atoms with Crippen molar-refractivity contribution in [1.29, 1.82) is 0 Å². The van der Waals surface area contributed by atoms with Crippen LogP contribution in [-0.2, 0) is 6.54 Å². The Labute approximate surface area is 118 Å². The predicted octanol–water partition coefficient (Wildman–Crippen LogP) is 1.91. The van der Waals surface area contributed by atoms with Gasteiger partial charge in [0, 0.05) is 29.6 Å². The summed E-state index contributed by atoms with van der Waals surface area (Å²) >= 11 is 3.62. The molecule has 4 heteroatoms. The van der Waals surface area contributed by atoms with Crippen molar-refractivity contribution in [3.63, 3.8) is 0 Å². The van der Waals surface area contributed by atoms with E-state index >= 15 is 0 Å². The minimum atomic E-state index is 0.129.